The number of anilines is 2. The van der Waals surface area contributed by atoms with Crippen molar-refractivity contribution in [1.29, 1.82) is 5.26 Å². The summed E-state index contributed by atoms with van der Waals surface area (Å²) in [6, 6.07) is 20.0. The molecule has 0 aliphatic carbocycles. The minimum absolute atomic E-state index is 0.0353. The van der Waals surface area contributed by atoms with Gasteiger partial charge in [0.1, 0.15) is 0 Å². The van der Waals surface area contributed by atoms with E-state index in [4.69, 9.17) is 23.2 Å². The van der Waals surface area contributed by atoms with Gasteiger partial charge in [-0.3, -0.25) is 9.59 Å². The Hall–Kier alpha value is -3.22. The monoisotopic (exact) mass is 554 g/mol. The lowest BCUT2D eigenvalue weighted by Gasteiger charge is -2.29. The molecular formula is C26H20Cl2N4O2S2. The number of dihydropyridines is 1. The number of carbonyl (C=O) groups is 2. The molecule has 2 aromatic carbocycles. The molecule has 1 aliphatic rings. The molecule has 0 saturated carbocycles. The topological polar surface area (TPSA) is 94.0 Å². The molecule has 0 radical (unpaired) electrons. The third kappa shape index (κ3) is 6.12. The molecule has 0 bridgehead atoms. The lowest BCUT2D eigenvalue weighted by Crippen LogP contribution is -2.30. The molecule has 0 unspecified atom stereocenters. The van der Waals surface area contributed by atoms with Crippen LogP contribution in [0.15, 0.2) is 87.9 Å². The van der Waals surface area contributed by atoms with E-state index in [1.807, 2.05) is 35.7 Å². The Morgan fingerprint density at radius 3 is 2.42 bits per heavy atom. The van der Waals surface area contributed by atoms with Crippen LogP contribution in [-0.4, -0.2) is 17.6 Å². The zero-order valence-corrected chi connectivity index (χ0v) is 22.1. The summed E-state index contributed by atoms with van der Waals surface area (Å²) in [7, 11) is 0. The Kier molecular flexibility index (Phi) is 8.39. The van der Waals surface area contributed by atoms with Crippen molar-refractivity contribution in [2.75, 3.05) is 16.4 Å². The molecule has 3 aromatic rings. The van der Waals surface area contributed by atoms with E-state index < -0.39 is 5.92 Å². The number of nitrogens with zero attached hydrogens (tertiary/aromatic N) is 1. The fourth-order valence-corrected chi connectivity index (χ4v) is 6.01. The molecule has 0 spiro atoms. The number of nitriles is 1. The van der Waals surface area contributed by atoms with Crippen molar-refractivity contribution in [2.24, 2.45) is 0 Å². The fraction of sp³-hybridized carbons (Fsp3) is 0.115. The number of para-hydroxylation sites is 1. The first-order valence-electron chi connectivity index (χ1n) is 10.8. The van der Waals surface area contributed by atoms with E-state index in [9.17, 15) is 14.9 Å². The van der Waals surface area contributed by atoms with Crippen LogP contribution in [0.3, 0.4) is 0 Å². The molecule has 1 atom stereocenters. The summed E-state index contributed by atoms with van der Waals surface area (Å²) in [4.78, 5) is 26.8. The van der Waals surface area contributed by atoms with Crippen LogP contribution in [0.25, 0.3) is 0 Å². The zero-order valence-electron chi connectivity index (χ0n) is 19.0. The third-order valence-corrected chi connectivity index (χ3v) is 7.64. The van der Waals surface area contributed by atoms with Crippen LogP contribution >= 0.6 is 46.3 Å². The average Bonchev–Trinajstić information content (AvgIpc) is 3.37. The first-order valence-corrected chi connectivity index (χ1v) is 13.4. The van der Waals surface area contributed by atoms with Gasteiger partial charge in [0, 0.05) is 37.6 Å². The van der Waals surface area contributed by atoms with Gasteiger partial charge in [-0.05, 0) is 48.7 Å². The number of rotatable bonds is 7. The number of nitrogens with one attached hydrogen (secondary N) is 3. The molecule has 0 fully saturated rings. The van der Waals surface area contributed by atoms with Gasteiger partial charge < -0.3 is 16.0 Å². The average molecular weight is 556 g/mol. The Labute approximate surface area is 227 Å². The third-order valence-electron chi connectivity index (χ3n) is 5.25. The van der Waals surface area contributed by atoms with Crippen molar-refractivity contribution >= 4 is 69.5 Å². The Bertz CT molecular complexity index is 1380. The van der Waals surface area contributed by atoms with Crippen LogP contribution in [0.2, 0.25) is 10.0 Å². The number of thiophene rings is 1. The van der Waals surface area contributed by atoms with E-state index in [-0.39, 0.29) is 17.6 Å². The smallest absolute Gasteiger partial charge is 0.254 e. The summed E-state index contributed by atoms with van der Waals surface area (Å²) in [6.07, 6.45) is 0. The minimum Gasteiger partial charge on any atom is -0.353 e. The van der Waals surface area contributed by atoms with Crippen LogP contribution in [0.5, 0.6) is 0 Å². The van der Waals surface area contributed by atoms with Crippen LogP contribution in [-0.2, 0) is 9.59 Å². The second kappa shape index (κ2) is 11.7. The number of hydrogen-bond donors (Lipinski definition) is 3. The number of benzene rings is 2. The van der Waals surface area contributed by atoms with Crippen molar-refractivity contribution in [3.63, 3.8) is 0 Å². The summed E-state index contributed by atoms with van der Waals surface area (Å²) in [5, 5.41) is 22.3. The molecule has 3 N–H and O–H groups in total. The number of thioether (sulfide) groups is 1. The Balaban J connectivity index is 1.57. The standard InChI is InChI=1S/C26H20Cl2N4O2S2/c1-15-23(25(34)32-18-6-3-2-4-7-18)24(21-8-5-9-35-21)20(13-29)26(30-15)36-14-22(33)31-19-11-16(27)10-17(28)12-19/h2-12,24,30H,14H2,1H3,(H,31,33)(H,32,34)/t24-/m0/s1. The van der Waals surface area contributed by atoms with E-state index in [0.717, 1.165) is 4.88 Å². The van der Waals surface area contributed by atoms with E-state index in [0.29, 0.717) is 43.3 Å². The number of allylic oxidation sites excluding steroid dienone is 2. The molecule has 6 nitrogen and oxygen atoms in total. The molecule has 182 valence electrons. The quantitative estimate of drug-likeness (QED) is 0.300. The normalized spacial score (nSPS) is 15.2. The van der Waals surface area contributed by atoms with Gasteiger partial charge in [-0.2, -0.15) is 5.26 Å². The van der Waals surface area contributed by atoms with Crippen LogP contribution in [0.4, 0.5) is 11.4 Å². The van der Waals surface area contributed by atoms with Gasteiger partial charge in [-0.1, -0.05) is 59.2 Å². The molecule has 2 amide bonds. The lowest BCUT2D eigenvalue weighted by molar-refractivity contribution is -0.114. The maximum absolute atomic E-state index is 13.3. The van der Waals surface area contributed by atoms with Crippen molar-refractivity contribution in [1.82, 2.24) is 5.32 Å². The molecule has 2 heterocycles. The molecule has 4 rings (SSSR count). The molecule has 1 aromatic heterocycles. The van der Waals surface area contributed by atoms with E-state index in [2.05, 4.69) is 22.0 Å². The lowest BCUT2D eigenvalue weighted by atomic mass is 9.86. The van der Waals surface area contributed by atoms with Crippen molar-refractivity contribution in [3.05, 3.63) is 103 Å². The van der Waals surface area contributed by atoms with E-state index >= 15 is 0 Å². The summed E-state index contributed by atoms with van der Waals surface area (Å²) in [5.74, 6) is -1.10. The highest BCUT2D eigenvalue weighted by Gasteiger charge is 2.35. The van der Waals surface area contributed by atoms with Gasteiger partial charge >= 0.3 is 0 Å². The van der Waals surface area contributed by atoms with Crippen LogP contribution in [0.1, 0.15) is 17.7 Å². The van der Waals surface area contributed by atoms with Crippen molar-refractivity contribution in [2.45, 2.75) is 12.8 Å². The van der Waals surface area contributed by atoms with Crippen LogP contribution in [0, 0.1) is 11.3 Å². The van der Waals surface area contributed by atoms with E-state index in [1.54, 1.807) is 37.3 Å². The maximum atomic E-state index is 13.3. The van der Waals surface area contributed by atoms with E-state index in [1.165, 1.54) is 23.1 Å². The molecule has 1 aliphatic heterocycles. The van der Waals surface area contributed by atoms with Gasteiger partial charge in [-0.15, -0.1) is 11.3 Å². The predicted molar refractivity (Wildman–Crippen MR) is 148 cm³/mol. The molecule has 36 heavy (non-hydrogen) atoms. The van der Waals surface area contributed by atoms with Crippen molar-refractivity contribution in [3.8, 4) is 6.07 Å². The molecular weight excluding hydrogens is 535 g/mol. The van der Waals surface area contributed by atoms with Crippen LogP contribution < -0.4 is 16.0 Å². The van der Waals surface area contributed by atoms with Gasteiger partial charge in [0.2, 0.25) is 5.91 Å². The maximum Gasteiger partial charge on any atom is 0.254 e. The number of halogens is 2. The number of carbonyl (C=O) groups excluding carboxylic acids is 2. The number of hydrogen-bond acceptors (Lipinski definition) is 6. The Morgan fingerprint density at radius 2 is 1.78 bits per heavy atom. The zero-order chi connectivity index (χ0) is 25.7. The molecule has 0 saturated heterocycles. The predicted octanol–water partition coefficient (Wildman–Crippen LogP) is 6.76. The fourth-order valence-electron chi connectivity index (χ4n) is 3.75. The summed E-state index contributed by atoms with van der Waals surface area (Å²) < 4.78 is 0. The second-order valence-electron chi connectivity index (χ2n) is 7.78. The van der Waals surface area contributed by atoms with Gasteiger partial charge in [0.15, 0.2) is 0 Å². The second-order valence-corrected chi connectivity index (χ2v) is 10.6. The Morgan fingerprint density at radius 1 is 1.06 bits per heavy atom. The minimum atomic E-state index is -0.558. The highest BCUT2D eigenvalue weighted by molar-refractivity contribution is 8.03. The van der Waals surface area contributed by atoms with Gasteiger partial charge in [-0.25, -0.2) is 0 Å². The highest BCUT2D eigenvalue weighted by Crippen LogP contribution is 2.42. The highest BCUT2D eigenvalue weighted by atomic mass is 35.5. The van der Waals surface area contributed by atoms with Gasteiger partial charge in [0.25, 0.3) is 5.91 Å². The summed E-state index contributed by atoms with van der Waals surface area (Å²) >= 11 is 14.7. The first kappa shape index (κ1) is 25.9. The number of amides is 2. The SMILES string of the molecule is CC1=C(C(=O)Nc2ccccc2)[C@H](c2cccs2)C(C#N)=C(SCC(=O)Nc2cc(Cl)cc(Cl)c2)N1. The summed E-state index contributed by atoms with van der Waals surface area (Å²) in [6.45, 7) is 1.79. The van der Waals surface area contributed by atoms with Crippen molar-refractivity contribution < 1.29 is 9.59 Å². The first-order chi connectivity index (χ1) is 17.4. The summed E-state index contributed by atoms with van der Waals surface area (Å²) in [5.41, 5.74) is 2.60. The largest absolute Gasteiger partial charge is 0.353 e. The van der Waals surface area contributed by atoms with Gasteiger partial charge in [0.05, 0.1) is 28.3 Å². The molecule has 10 heteroatoms.